The lowest BCUT2D eigenvalue weighted by atomic mass is 10.1. The average molecular weight is 441 g/mol. The van der Waals surface area contributed by atoms with Crippen molar-refractivity contribution in [2.45, 2.75) is 13.5 Å². The van der Waals surface area contributed by atoms with Gasteiger partial charge in [-0.15, -0.1) is 0 Å². The number of ether oxygens (including phenoxy) is 3. The molecule has 0 spiro atoms. The monoisotopic (exact) mass is 440 g/mol. The Kier molecular flexibility index (Phi) is 7.62. The average Bonchev–Trinajstić information content (AvgIpc) is 2.78. The van der Waals surface area contributed by atoms with Crippen LogP contribution in [0.1, 0.15) is 11.1 Å². The van der Waals surface area contributed by atoms with Gasteiger partial charge in [0.05, 0.1) is 19.2 Å². The predicted molar refractivity (Wildman–Crippen MR) is 124 cm³/mol. The van der Waals surface area contributed by atoms with Crippen molar-refractivity contribution in [3.63, 3.8) is 0 Å². The van der Waals surface area contributed by atoms with Gasteiger partial charge in [-0.05, 0) is 43.3 Å². The second-order valence-corrected chi connectivity index (χ2v) is 7.26. The number of hydrogen-bond donors (Lipinski definition) is 2. The molecule has 162 valence electrons. The summed E-state index contributed by atoms with van der Waals surface area (Å²) in [6, 6.07) is 18.6. The second kappa shape index (κ2) is 10.6. The molecule has 3 aromatic carbocycles. The van der Waals surface area contributed by atoms with Crippen LogP contribution in [0.2, 0.25) is 5.02 Å². The number of aryl methyl sites for hydroxylation is 1. The van der Waals surface area contributed by atoms with Gasteiger partial charge in [0.1, 0.15) is 5.75 Å². The molecular weight excluding hydrogens is 416 g/mol. The molecular formula is C24H25ClN2O4. The Bertz CT molecular complexity index is 1040. The highest BCUT2D eigenvalue weighted by Crippen LogP contribution is 2.32. The topological polar surface area (TPSA) is 68.8 Å². The van der Waals surface area contributed by atoms with E-state index in [4.69, 9.17) is 25.8 Å². The number of amides is 1. The number of carbonyl (C=O) groups is 1. The lowest BCUT2D eigenvalue weighted by Gasteiger charge is -2.16. The smallest absolute Gasteiger partial charge is 0.262 e. The van der Waals surface area contributed by atoms with E-state index >= 15 is 0 Å². The van der Waals surface area contributed by atoms with E-state index in [1.54, 1.807) is 32.4 Å². The summed E-state index contributed by atoms with van der Waals surface area (Å²) >= 11 is 6.20. The molecule has 0 fully saturated rings. The van der Waals surface area contributed by atoms with Crippen LogP contribution in [0.5, 0.6) is 17.2 Å². The maximum absolute atomic E-state index is 12.3. The van der Waals surface area contributed by atoms with Gasteiger partial charge in [0.25, 0.3) is 5.91 Å². The molecule has 0 unspecified atom stereocenters. The fraction of sp³-hybridized carbons (Fsp3) is 0.208. The molecule has 0 aliphatic rings. The van der Waals surface area contributed by atoms with E-state index < -0.39 is 0 Å². The lowest BCUT2D eigenvalue weighted by Crippen LogP contribution is -2.21. The molecule has 3 aromatic rings. The Morgan fingerprint density at radius 2 is 1.65 bits per heavy atom. The number of benzene rings is 3. The number of hydrogen-bond acceptors (Lipinski definition) is 5. The molecule has 0 saturated carbocycles. The van der Waals surface area contributed by atoms with Gasteiger partial charge in [-0.1, -0.05) is 41.4 Å². The van der Waals surface area contributed by atoms with Crippen molar-refractivity contribution in [2.24, 2.45) is 0 Å². The SMILES string of the molecule is COc1ccc(NCc2cccc(OC)c2OCC(=O)Nc2ccc(C)cc2)cc1Cl. The molecule has 0 aliphatic heterocycles. The summed E-state index contributed by atoms with van der Waals surface area (Å²) in [5, 5.41) is 6.64. The van der Waals surface area contributed by atoms with Gasteiger partial charge >= 0.3 is 0 Å². The summed E-state index contributed by atoms with van der Waals surface area (Å²) in [5.41, 5.74) is 3.52. The highest BCUT2D eigenvalue weighted by atomic mass is 35.5. The first-order chi connectivity index (χ1) is 15.0. The third-order valence-electron chi connectivity index (χ3n) is 4.60. The van der Waals surface area contributed by atoms with Crippen molar-refractivity contribution in [2.75, 3.05) is 31.5 Å². The van der Waals surface area contributed by atoms with E-state index in [1.807, 2.05) is 49.4 Å². The fourth-order valence-electron chi connectivity index (χ4n) is 2.97. The Balaban J connectivity index is 1.67. The lowest BCUT2D eigenvalue weighted by molar-refractivity contribution is -0.118. The molecule has 0 saturated heterocycles. The van der Waals surface area contributed by atoms with Gasteiger partial charge in [0, 0.05) is 23.5 Å². The van der Waals surface area contributed by atoms with Crippen molar-refractivity contribution in [3.8, 4) is 17.2 Å². The number of methoxy groups -OCH3 is 2. The third kappa shape index (κ3) is 6.06. The maximum Gasteiger partial charge on any atom is 0.262 e. The quantitative estimate of drug-likeness (QED) is 0.472. The second-order valence-electron chi connectivity index (χ2n) is 6.85. The Morgan fingerprint density at radius 3 is 2.32 bits per heavy atom. The summed E-state index contributed by atoms with van der Waals surface area (Å²) < 4.78 is 16.5. The van der Waals surface area contributed by atoms with Gasteiger partial charge in [-0.2, -0.15) is 0 Å². The van der Waals surface area contributed by atoms with Crippen molar-refractivity contribution in [3.05, 3.63) is 76.8 Å². The van der Waals surface area contributed by atoms with Gasteiger partial charge in [0.15, 0.2) is 18.1 Å². The van der Waals surface area contributed by atoms with E-state index in [1.165, 1.54) is 0 Å². The molecule has 0 bridgehead atoms. The fourth-order valence-corrected chi connectivity index (χ4v) is 3.23. The minimum Gasteiger partial charge on any atom is -0.495 e. The summed E-state index contributed by atoms with van der Waals surface area (Å²) in [6.45, 7) is 2.30. The van der Waals surface area contributed by atoms with Crippen LogP contribution in [0.25, 0.3) is 0 Å². The zero-order valence-corrected chi connectivity index (χ0v) is 18.5. The van der Waals surface area contributed by atoms with Crippen molar-refractivity contribution in [1.82, 2.24) is 0 Å². The number of halogens is 1. The molecule has 2 N–H and O–H groups in total. The Labute approximate surface area is 187 Å². The largest absolute Gasteiger partial charge is 0.495 e. The minimum absolute atomic E-state index is 0.143. The highest BCUT2D eigenvalue weighted by molar-refractivity contribution is 6.32. The van der Waals surface area contributed by atoms with E-state index in [0.717, 1.165) is 22.5 Å². The standard InChI is InChI=1S/C24H25ClN2O4/c1-16-7-9-18(10-8-16)27-23(28)15-31-24-17(5-4-6-22(24)30-3)14-26-19-11-12-21(29-2)20(25)13-19/h4-13,26H,14-15H2,1-3H3,(H,27,28). The van der Waals surface area contributed by atoms with Crippen LogP contribution in [0.15, 0.2) is 60.7 Å². The molecule has 6 nitrogen and oxygen atoms in total. The van der Waals surface area contributed by atoms with E-state index in [9.17, 15) is 4.79 Å². The number of rotatable bonds is 9. The van der Waals surface area contributed by atoms with Gasteiger partial charge < -0.3 is 24.8 Å². The Hall–Kier alpha value is -3.38. The number of anilines is 2. The van der Waals surface area contributed by atoms with Crippen molar-refractivity contribution in [1.29, 1.82) is 0 Å². The molecule has 1 amide bonds. The van der Waals surface area contributed by atoms with Gasteiger partial charge in [-0.3, -0.25) is 4.79 Å². The Morgan fingerprint density at radius 1 is 0.935 bits per heavy atom. The van der Waals surface area contributed by atoms with Crippen LogP contribution in [0.3, 0.4) is 0 Å². The van der Waals surface area contributed by atoms with Crippen LogP contribution in [-0.2, 0) is 11.3 Å². The van der Waals surface area contributed by atoms with Crippen LogP contribution >= 0.6 is 11.6 Å². The van der Waals surface area contributed by atoms with Crippen molar-refractivity contribution >= 4 is 28.9 Å². The highest BCUT2D eigenvalue weighted by Gasteiger charge is 2.13. The minimum atomic E-state index is -0.254. The first-order valence-electron chi connectivity index (χ1n) is 9.72. The molecule has 31 heavy (non-hydrogen) atoms. The first kappa shape index (κ1) is 22.3. The number of nitrogens with one attached hydrogen (secondary N) is 2. The van der Waals surface area contributed by atoms with E-state index in [2.05, 4.69) is 10.6 Å². The molecule has 0 aromatic heterocycles. The van der Waals surface area contributed by atoms with Crippen LogP contribution in [0.4, 0.5) is 11.4 Å². The summed E-state index contributed by atoms with van der Waals surface area (Å²) in [6.07, 6.45) is 0. The van der Waals surface area contributed by atoms with Crippen LogP contribution < -0.4 is 24.8 Å². The third-order valence-corrected chi connectivity index (χ3v) is 4.89. The molecule has 3 rings (SSSR count). The zero-order valence-electron chi connectivity index (χ0n) is 17.7. The summed E-state index contributed by atoms with van der Waals surface area (Å²) in [7, 11) is 3.14. The van der Waals surface area contributed by atoms with E-state index in [0.29, 0.717) is 28.8 Å². The summed E-state index contributed by atoms with van der Waals surface area (Å²) in [4.78, 5) is 12.3. The summed E-state index contributed by atoms with van der Waals surface area (Å²) in [5.74, 6) is 1.42. The predicted octanol–water partition coefficient (Wildman–Crippen LogP) is 5.30. The first-order valence-corrected chi connectivity index (χ1v) is 10.1. The van der Waals surface area contributed by atoms with E-state index in [-0.39, 0.29) is 12.5 Å². The molecule has 0 radical (unpaired) electrons. The molecule has 7 heteroatoms. The maximum atomic E-state index is 12.3. The molecule has 0 aliphatic carbocycles. The molecule has 0 heterocycles. The number of para-hydroxylation sites is 1. The van der Waals surface area contributed by atoms with Gasteiger partial charge in [0.2, 0.25) is 0 Å². The van der Waals surface area contributed by atoms with Crippen molar-refractivity contribution < 1.29 is 19.0 Å². The number of carbonyl (C=O) groups excluding carboxylic acids is 1. The van der Waals surface area contributed by atoms with Crippen LogP contribution in [0, 0.1) is 6.92 Å². The van der Waals surface area contributed by atoms with Gasteiger partial charge in [-0.25, -0.2) is 0 Å². The molecule has 0 atom stereocenters. The van der Waals surface area contributed by atoms with Crippen LogP contribution in [-0.4, -0.2) is 26.7 Å². The normalized spacial score (nSPS) is 10.3. The zero-order chi connectivity index (χ0) is 22.2.